The number of benzene rings is 4. The molecule has 1 unspecified atom stereocenters. The summed E-state index contributed by atoms with van der Waals surface area (Å²) in [4.78, 5) is 12.7. The number of anilines is 1. The van der Waals surface area contributed by atoms with Crippen LogP contribution in [-0.2, 0) is 0 Å². The molecule has 10 nitrogen and oxygen atoms in total. The Kier molecular flexibility index (Phi) is 11.8. The Morgan fingerprint density at radius 3 is 1.90 bits per heavy atom. The minimum Gasteiger partial charge on any atom is -0.493 e. The number of unbranched alkanes of at least 4 members (excludes halogenated alkanes) is 2. The summed E-state index contributed by atoms with van der Waals surface area (Å²) < 4.78 is 39.7. The van der Waals surface area contributed by atoms with Crippen LogP contribution in [0.5, 0.6) is 40.2 Å². The highest BCUT2D eigenvalue weighted by Crippen LogP contribution is 2.39. The Morgan fingerprint density at radius 1 is 0.592 bits per heavy atom. The summed E-state index contributed by atoms with van der Waals surface area (Å²) in [6.07, 6.45) is 6.21. The van der Waals surface area contributed by atoms with Crippen molar-refractivity contribution >= 4 is 23.7 Å². The maximum Gasteiger partial charge on any atom is 0.255 e. The zero-order valence-electron chi connectivity index (χ0n) is 28.9. The fourth-order valence-corrected chi connectivity index (χ4v) is 5.57. The molecule has 1 aliphatic heterocycles. The molecule has 1 amide bonds. The molecular formula is C39H44N2O8. The van der Waals surface area contributed by atoms with Crippen LogP contribution in [0.3, 0.4) is 0 Å². The van der Waals surface area contributed by atoms with Crippen LogP contribution in [0, 0.1) is 6.92 Å². The lowest BCUT2D eigenvalue weighted by atomic mass is 10.0. The zero-order valence-corrected chi connectivity index (χ0v) is 28.9. The first-order valence-electron chi connectivity index (χ1n) is 16.1. The van der Waals surface area contributed by atoms with E-state index < -0.39 is 0 Å². The lowest BCUT2D eigenvalue weighted by molar-refractivity contribution is 0.0935. The molecule has 4 aromatic carbocycles. The number of methoxy groups -OCH3 is 5. The van der Waals surface area contributed by atoms with Gasteiger partial charge in [0.15, 0.2) is 34.5 Å². The Balaban J connectivity index is 1.10. The van der Waals surface area contributed by atoms with Crippen LogP contribution in [-0.4, -0.2) is 54.7 Å². The van der Waals surface area contributed by atoms with E-state index in [1.807, 2.05) is 85.8 Å². The second-order valence-electron chi connectivity index (χ2n) is 11.5. The van der Waals surface area contributed by atoms with Gasteiger partial charge in [0, 0.05) is 5.69 Å². The van der Waals surface area contributed by atoms with Gasteiger partial charge in [0.25, 0.3) is 5.91 Å². The van der Waals surface area contributed by atoms with Crippen molar-refractivity contribution in [1.82, 2.24) is 5.32 Å². The molecule has 4 aromatic rings. The fourth-order valence-electron chi connectivity index (χ4n) is 5.57. The van der Waals surface area contributed by atoms with E-state index in [1.165, 1.54) is 0 Å². The fraction of sp³-hybridized carbons (Fsp3) is 0.308. The van der Waals surface area contributed by atoms with E-state index in [0.717, 1.165) is 47.2 Å². The first kappa shape index (κ1) is 34.8. The van der Waals surface area contributed by atoms with E-state index >= 15 is 0 Å². The summed E-state index contributed by atoms with van der Waals surface area (Å²) in [5, 5.41) is 6.42. The van der Waals surface area contributed by atoms with E-state index in [1.54, 1.807) is 35.5 Å². The molecule has 1 heterocycles. The normalized spacial score (nSPS) is 13.6. The van der Waals surface area contributed by atoms with Crippen molar-refractivity contribution < 1.29 is 38.0 Å². The van der Waals surface area contributed by atoms with E-state index in [2.05, 4.69) is 10.6 Å². The molecule has 49 heavy (non-hydrogen) atoms. The summed E-state index contributed by atoms with van der Waals surface area (Å²) in [6.45, 7) is 3.04. The quantitative estimate of drug-likeness (QED) is 0.0918. The molecule has 1 aliphatic rings. The van der Waals surface area contributed by atoms with Crippen molar-refractivity contribution in [3.05, 3.63) is 94.5 Å². The third-order valence-corrected chi connectivity index (χ3v) is 8.16. The Morgan fingerprint density at radius 2 is 1.22 bits per heavy atom. The number of ether oxygens (including phenoxy) is 7. The SMILES string of the molecule is COc1cc(C2NC(=O)c3cc(C)ccc3N2)ccc1OCCCCCOc1cc(C=Cc2cc(OC)c(OC)c(OC)c2)ccc1OC. The zero-order chi connectivity index (χ0) is 34.8. The molecule has 0 fully saturated rings. The maximum absolute atomic E-state index is 12.7. The number of fused-ring (bicyclic) bond motifs is 1. The second-order valence-corrected chi connectivity index (χ2v) is 11.5. The van der Waals surface area contributed by atoms with Gasteiger partial charge >= 0.3 is 0 Å². The van der Waals surface area contributed by atoms with Crippen LogP contribution < -0.4 is 43.8 Å². The van der Waals surface area contributed by atoms with Crippen molar-refractivity contribution in [3.8, 4) is 40.2 Å². The largest absolute Gasteiger partial charge is 0.493 e. The average Bonchev–Trinajstić information content (AvgIpc) is 3.13. The Bertz CT molecular complexity index is 1760. The van der Waals surface area contributed by atoms with Crippen LogP contribution in [0.1, 0.15) is 58.0 Å². The third kappa shape index (κ3) is 8.51. The van der Waals surface area contributed by atoms with Gasteiger partial charge in [0.05, 0.1) is 54.3 Å². The van der Waals surface area contributed by atoms with Crippen molar-refractivity contribution in [2.75, 3.05) is 54.1 Å². The lowest BCUT2D eigenvalue weighted by Crippen LogP contribution is -2.38. The van der Waals surface area contributed by atoms with Gasteiger partial charge < -0.3 is 43.8 Å². The minimum atomic E-state index is -0.373. The number of amides is 1. The molecule has 0 saturated heterocycles. The first-order chi connectivity index (χ1) is 23.9. The van der Waals surface area contributed by atoms with Gasteiger partial charge in [0.1, 0.15) is 6.17 Å². The standard InChI is InChI=1S/C39H44N2O8/c1-25-10-15-30-29(20-25)39(42)41-38(40-30)28-14-17-32(33(24-28)44-3)48-18-8-7-9-19-49-34-21-26(13-16-31(34)43-2)11-12-27-22-35(45-4)37(47-6)36(23-27)46-5/h10-17,20-24,38,40H,7-9,18-19H2,1-6H3,(H,41,42). The molecule has 0 saturated carbocycles. The molecule has 0 bridgehead atoms. The predicted octanol–water partition coefficient (Wildman–Crippen LogP) is 7.69. The van der Waals surface area contributed by atoms with Crippen LogP contribution in [0.4, 0.5) is 5.69 Å². The van der Waals surface area contributed by atoms with Crippen LogP contribution in [0.15, 0.2) is 66.7 Å². The molecule has 2 N–H and O–H groups in total. The summed E-state index contributed by atoms with van der Waals surface area (Å²) >= 11 is 0. The van der Waals surface area contributed by atoms with Crippen LogP contribution in [0.2, 0.25) is 0 Å². The topological polar surface area (TPSA) is 106 Å². The molecule has 0 spiro atoms. The van der Waals surface area contributed by atoms with Gasteiger partial charge in [-0.1, -0.05) is 35.9 Å². The molecule has 0 radical (unpaired) electrons. The van der Waals surface area contributed by atoms with Crippen molar-refractivity contribution in [2.45, 2.75) is 32.4 Å². The number of rotatable bonds is 16. The van der Waals surface area contributed by atoms with Gasteiger partial charge in [-0.2, -0.15) is 0 Å². The van der Waals surface area contributed by atoms with E-state index in [4.69, 9.17) is 33.2 Å². The minimum absolute atomic E-state index is 0.110. The monoisotopic (exact) mass is 668 g/mol. The van der Waals surface area contributed by atoms with E-state index in [9.17, 15) is 4.79 Å². The molecular weight excluding hydrogens is 624 g/mol. The maximum atomic E-state index is 12.7. The number of aryl methyl sites for hydroxylation is 1. The molecule has 0 aliphatic carbocycles. The number of hydrogen-bond donors (Lipinski definition) is 2. The second kappa shape index (κ2) is 16.5. The first-order valence-corrected chi connectivity index (χ1v) is 16.1. The summed E-state index contributed by atoms with van der Waals surface area (Å²) in [6, 6.07) is 21.1. The molecule has 10 heteroatoms. The summed E-state index contributed by atoms with van der Waals surface area (Å²) in [7, 11) is 8.02. The highest BCUT2D eigenvalue weighted by atomic mass is 16.5. The van der Waals surface area contributed by atoms with Gasteiger partial charge in [-0.15, -0.1) is 0 Å². The molecule has 1 atom stereocenters. The smallest absolute Gasteiger partial charge is 0.255 e. The van der Waals surface area contributed by atoms with Crippen molar-refractivity contribution in [1.29, 1.82) is 0 Å². The van der Waals surface area contributed by atoms with Crippen LogP contribution >= 0.6 is 0 Å². The van der Waals surface area contributed by atoms with E-state index in [-0.39, 0.29) is 12.1 Å². The number of nitrogens with one attached hydrogen (secondary N) is 2. The van der Waals surface area contributed by atoms with Crippen LogP contribution in [0.25, 0.3) is 12.2 Å². The molecule has 0 aromatic heterocycles. The summed E-state index contributed by atoms with van der Waals surface area (Å²) in [5.74, 6) is 4.24. The van der Waals surface area contributed by atoms with E-state index in [0.29, 0.717) is 59.0 Å². The van der Waals surface area contributed by atoms with Gasteiger partial charge in [0.2, 0.25) is 5.75 Å². The highest BCUT2D eigenvalue weighted by Gasteiger charge is 2.25. The van der Waals surface area contributed by atoms with Crippen molar-refractivity contribution in [3.63, 3.8) is 0 Å². The van der Waals surface area contributed by atoms with Gasteiger partial charge in [-0.05, 0) is 91.4 Å². The number of carbonyl (C=O) groups excluding carboxylic acids is 1. The van der Waals surface area contributed by atoms with Gasteiger partial charge in [-0.25, -0.2) is 0 Å². The van der Waals surface area contributed by atoms with Gasteiger partial charge in [-0.3, -0.25) is 4.79 Å². The predicted molar refractivity (Wildman–Crippen MR) is 191 cm³/mol. The number of carbonyl (C=O) groups is 1. The molecule has 258 valence electrons. The Hall–Kier alpha value is -5.51. The Labute approximate surface area is 287 Å². The summed E-state index contributed by atoms with van der Waals surface area (Å²) in [5.41, 5.74) is 5.21. The van der Waals surface area contributed by atoms with Crippen molar-refractivity contribution in [2.24, 2.45) is 0 Å². The lowest BCUT2D eigenvalue weighted by Gasteiger charge is -2.28. The average molecular weight is 669 g/mol. The highest BCUT2D eigenvalue weighted by molar-refractivity contribution is 6.01. The molecule has 5 rings (SSSR count). The third-order valence-electron chi connectivity index (χ3n) is 8.16. The number of hydrogen-bond acceptors (Lipinski definition) is 9.